The lowest BCUT2D eigenvalue weighted by Gasteiger charge is -2.27. The second-order valence-corrected chi connectivity index (χ2v) is 11.8. The summed E-state index contributed by atoms with van der Waals surface area (Å²) in [6.45, 7) is 9.45. The van der Waals surface area contributed by atoms with E-state index in [1.54, 1.807) is 61.9 Å². The minimum absolute atomic E-state index is 0.0178. The summed E-state index contributed by atoms with van der Waals surface area (Å²) in [6, 6.07) is 18.4. The predicted octanol–water partition coefficient (Wildman–Crippen LogP) is 6.88. The fourth-order valence-electron chi connectivity index (χ4n) is 5.02. The zero-order chi connectivity index (χ0) is 29.9. The maximum atomic E-state index is 13.9. The van der Waals surface area contributed by atoms with Gasteiger partial charge >= 0.3 is 6.09 Å². The summed E-state index contributed by atoms with van der Waals surface area (Å²) in [5.74, 6) is 0.913. The van der Waals surface area contributed by atoms with Crippen LogP contribution in [0.5, 0.6) is 17.2 Å². The molecule has 8 heteroatoms. The summed E-state index contributed by atoms with van der Waals surface area (Å²) < 4.78 is 17.0. The quantitative estimate of drug-likeness (QED) is 0.203. The standard InChI is InChI=1S/C33H37NO6S/c1-20-16-24(17-21(2)31(20)40-33(4,5)22(3)35)28-18-34(32(37)39-26-12-10-25(38-6)11-13-26)19-29(28)30(36)23-8-14-27(41-7)15-9-23/h8-17,28-29H,18-19H2,1-7H3/t28-,29+/m1/s1. The van der Waals surface area contributed by atoms with Crippen molar-refractivity contribution >= 4 is 29.4 Å². The van der Waals surface area contributed by atoms with Crippen LogP contribution in [0.4, 0.5) is 4.79 Å². The first-order chi connectivity index (χ1) is 19.4. The van der Waals surface area contributed by atoms with Gasteiger partial charge in [-0.3, -0.25) is 9.59 Å². The Labute approximate surface area is 246 Å². The third-order valence-corrected chi connectivity index (χ3v) is 8.41. The Balaban J connectivity index is 1.65. The van der Waals surface area contributed by atoms with E-state index in [1.165, 1.54) is 6.92 Å². The third kappa shape index (κ3) is 6.76. The Morgan fingerprint density at radius 2 is 1.49 bits per heavy atom. The van der Waals surface area contributed by atoms with Crippen molar-refractivity contribution in [3.8, 4) is 17.2 Å². The Bertz CT molecular complexity index is 1410. The van der Waals surface area contributed by atoms with Crippen molar-refractivity contribution < 1.29 is 28.6 Å². The molecule has 216 valence electrons. The molecule has 41 heavy (non-hydrogen) atoms. The van der Waals surface area contributed by atoms with Gasteiger partial charge in [0.15, 0.2) is 17.2 Å². The molecule has 0 spiro atoms. The van der Waals surface area contributed by atoms with Gasteiger partial charge in [0.05, 0.1) is 7.11 Å². The van der Waals surface area contributed by atoms with E-state index in [0.29, 0.717) is 29.4 Å². The maximum absolute atomic E-state index is 13.9. The SMILES string of the molecule is COc1ccc(OC(=O)N2C[C@H](C(=O)c3ccc(SC)cc3)[C@@H](c3cc(C)c(OC(C)(C)C(C)=O)c(C)c3)C2)cc1. The summed E-state index contributed by atoms with van der Waals surface area (Å²) >= 11 is 1.61. The zero-order valence-corrected chi connectivity index (χ0v) is 25.5. The van der Waals surface area contributed by atoms with Crippen molar-refractivity contribution in [2.75, 3.05) is 26.5 Å². The van der Waals surface area contributed by atoms with Crippen LogP contribution in [0, 0.1) is 19.8 Å². The molecule has 3 aromatic carbocycles. The Kier molecular flexibility index (Phi) is 9.12. The van der Waals surface area contributed by atoms with Crippen LogP contribution in [-0.2, 0) is 4.79 Å². The highest BCUT2D eigenvalue weighted by Crippen LogP contribution is 2.39. The number of likely N-dealkylation sites (tertiary alicyclic amines) is 1. The molecule has 1 saturated heterocycles. The number of aryl methyl sites for hydroxylation is 2. The zero-order valence-electron chi connectivity index (χ0n) is 24.6. The van der Waals surface area contributed by atoms with Gasteiger partial charge in [0.25, 0.3) is 0 Å². The number of amides is 1. The summed E-state index contributed by atoms with van der Waals surface area (Å²) in [4.78, 5) is 41.9. The fourth-order valence-corrected chi connectivity index (χ4v) is 5.43. The Hall–Kier alpha value is -3.78. The van der Waals surface area contributed by atoms with Gasteiger partial charge in [0.2, 0.25) is 0 Å². The van der Waals surface area contributed by atoms with Crippen LogP contribution in [0.1, 0.15) is 53.7 Å². The highest BCUT2D eigenvalue weighted by atomic mass is 32.2. The van der Waals surface area contributed by atoms with Crippen LogP contribution in [0.3, 0.4) is 0 Å². The van der Waals surface area contributed by atoms with Gasteiger partial charge in [-0.05, 0) is 94.0 Å². The number of nitrogens with zero attached hydrogens (tertiary/aromatic N) is 1. The molecule has 0 saturated carbocycles. The van der Waals surface area contributed by atoms with Crippen LogP contribution in [0.15, 0.2) is 65.6 Å². The van der Waals surface area contributed by atoms with Crippen LogP contribution >= 0.6 is 11.8 Å². The Morgan fingerprint density at radius 1 is 0.902 bits per heavy atom. The molecule has 0 unspecified atom stereocenters. The van der Waals surface area contributed by atoms with E-state index in [1.807, 2.05) is 56.5 Å². The lowest BCUT2D eigenvalue weighted by atomic mass is 9.82. The summed E-state index contributed by atoms with van der Waals surface area (Å²) in [5.41, 5.74) is 2.31. The second kappa shape index (κ2) is 12.4. The number of ether oxygens (including phenoxy) is 3. The van der Waals surface area contributed by atoms with Crippen molar-refractivity contribution in [1.29, 1.82) is 0 Å². The predicted molar refractivity (Wildman–Crippen MR) is 161 cm³/mol. The minimum atomic E-state index is -0.964. The number of methoxy groups -OCH3 is 1. The first-order valence-corrected chi connectivity index (χ1v) is 14.8. The van der Waals surface area contributed by atoms with Gasteiger partial charge in [0.1, 0.15) is 17.2 Å². The molecule has 2 atom stereocenters. The number of hydrogen-bond donors (Lipinski definition) is 0. The first-order valence-electron chi connectivity index (χ1n) is 13.5. The molecule has 1 aliphatic heterocycles. The van der Waals surface area contributed by atoms with E-state index < -0.39 is 17.6 Å². The number of benzene rings is 3. The van der Waals surface area contributed by atoms with Gasteiger partial charge in [-0.2, -0.15) is 0 Å². The molecule has 0 aliphatic carbocycles. The van der Waals surface area contributed by atoms with E-state index in [4.69, 9.17) is 14.2 Å². The summed E-state index contributed by atoms with van der Waals surface area (Å²) in [5, 5.41) is 0. The maximum Gasteiger partial charge on any atom is 0.415 e. The number of rotatable bonds is 9. The second-order valence-electron chi connectivity index (χ2n) is 10.9. The molecule has 0 radical (unpaired) electrons. The number of thioether (sulfide) groups is 1. The largest absolute Gasteiger partial charge is 0.497 e. The van der Waals surface area contributed by atoms with Crippen LogP contribution in [0.2, 0.25) is 0 Å². The monoisotopic (exact) mass is 575 g/mol. The molecule has 0 aromatic heterocycles. The van der Waals surface area contributed by atoms with E-state index in [-0.39, 0.29) is 24.0 Å². The van der Waals surface area contributed by atoms with Gasteiger partial charge < -0.3 is 19.1 Å². The number of carbonyl (C=O) groups is 3. The molecule has 1 aliphatic rings. The number of carbonyl (C=O) groups excluding carboxylic acids is 3. The molecule has 3 aromatic rings. The van der Waals surface area contributed by atoms with E-state index >= 15 is 0 Å². The fraction of sp³-hybridized carbons (Fsp3) is 0.364. The molecule has 7 nitrogen and oxygen atoms in total. The first kappa shape index (κ1) is 30.2. The van der Waals surface area contributed by atoms with Crippen molar-refractivity contribution in [2.24, 2.45) is 5.92 Å². The molecule has 0 N–H and O–H groups in total. The van der Waals surface area contributed by atoms with Crippen molar-refractivity contribution in [2.45, 2.75) is 51.0 Å². The van der Waals surface area contributed by atoms with Gasteiger partial charge in [0, 0.05) is 35.4 Å². The van der Waals surface area contributed by atoms with E-state index in [0.717, 1.165) is 21.6 Å². The molecule has 1 fully saturated rings. The highest BCUT2D eigenvalue weighted by Gasteiger charge is 2.42. The van der Waals surface area contributed by atoms with E-state index in [2.05, 4.69) is 0 Å². The molecule has 1 amide bonds. The average Bonchev–Trinajstić information content (AvgIpc) is 3.41. The van der Waals surface area contributed by atoms with Crippen molar-refractivity contribution in [3.05, 3.63) is 82.9 Å². The molecule has 1 heterocycles. The third-order valence-electron chi connectivity index (χ3n) is 7.67. The van der Waals surface area contributed by atoms with Gasteiger partial charge in [-0.25, -0.2) is 4.79 Å². The van der Waals surface area contributed by atoms with Crippen molar-refractivity contribution in [3.63, 3.8) is 0 Å². The summed E-state index contributed by atoms with van der Waals surface area (Å²) in [6.07, 6.45) is 1.48. The molecular formula is C33H37NO6S. The van der Waals surface area contributed by atoms with Crippen LogP contribution in [-0.4, -0.2) is 54.6 Å². The topological polar surface area (TPSA) is 82.1 Å². The smallest absolute Gasteiger partial charge is 0.415 e. The number of ketones is 2. The van der Waals surface area contributed by atoms with Crippen LogP contribution in [0.25, 0.3) is 0 Å². The normalized spacial score (nSPS) is 16.8. The van der Waals surface area contributed by atoms with Gasteiger partial charge in [-0.15, -0.1) is 11.8 Å². The molecule has 4 rings (SSSR count). The molecule has 0 bridgehead atoms. The molecular weight excluding hydrogens is 538 g/mol. The highest BCUT2D eigenvalue weighted by molar-refractivity contribution is 7.98. The number of Topliss-reactive ketones (excluding diaryl/α,β-unsaturated/α-hetero) is 2. The van der Waals surface area contributed by atoms with Crippen molar-refractivity contribution in [1.82, 2.24) is 4.90 Å². The van der Waals surface area contributed by atoms with Gasteiger partial charge in [-0.1, -0.05) is 24.3 Å². The lowest BCUT2D eigenvalue weighted by Crippen LogP contribution is -2.36. The van der Waals surface area contributed by atoms with E-state index in [9.17, 15) is 14.4 Å². The van der Waals surface area contributed by atoms with Crippen LogP contribution < -0.4 is 14.2 Å². The summed E-state index contributed by atoms with van der Waals surface area (Å²) in [7, 11) is 1.57. The lowest BCUT2D eigenvalue weighted by molar-refractivity contribution is -0.129. The number of hydrogen-bond acceptors (Lipinski definition) is 7. The minimum Gasteiger partial charge on any atom is -0.497 e. The Morgan fingerprint density at radius 3 is 2.02 bits per heavy atom. The average molecular weight is 576 g/mol.